The lowest BCUT2D eigenvalue weighted by atomic mass is 10.2. The van der Waals surface area contributed by atoms with Crippen LogP contribution >= 0.6 is 11.3 Å². The third-order valence-corrected chi connectivity index (χ3v) is 3.17. The van der Waals surface area contributed by atoms with Crippen molar-refractivity contribution < 1.29 is 19.1 Å². The van der Waals surface area contributed by atoms with Gasteiger partial charge in [-0.25, -0.2) is 14.6 Å². The van der Waals surface area contributed by atoms with Crippen LogP contribution in [0.5, 0.6) is 0 Å². The lowest BCUT2D eigenvalue weighted by Crippen LogP contribution is -2.34. The smallest absolute Gasteiger partial charge is 0.339 e. The minimum Gasteiger partial charge on any atom is -0.478 e. The Morgan fingerprint density at radius 1 is 1.40 bits per heavy atom. The SMILES string of the molecule is Cc1oc(CNC(=O)NCc2cscn2)cc1C(=O)O. The van der Waals surface area contributed by atoms with Crippen LogP contribution in [0.4, 0.5) is 4.79 Å². The number of carbonyl (C=O) groups excluding carboxylic acids is 1. The molecule has 0 bridgehead atoms. The number of carboxylic acid groups (broad SMARTS) is 1. The van der Waals surface area contributed by atoms with E-state index in [9.17, 15) is 9.59 Å². The number of carbonyl (C=O) groups is 2. The van der Waals surface area contributed by atoms with Gasteiger partial charge in [-0.1, -0.05) is 0 Å². The number of urea groups is 1. The van der Waals surface area contributed by atoms with Crippen LogP contribution in [0.3, 0.4) is 0 Å². The van der Waals surface area contributed by atoms with Gasteiger partial charge in [-0.15, -0.1) is 11.3 Å². The molecule has 106 valence electrons. The first-order valence-corrected chi connectivity index (χ1v) is 6.72. The third kappa shape index (κ3) is 3.58. The van der Waals surface area contributed by atoms with Crippen LogP contribution in [0.1, 0.15) is 27.6 Å². The maximum atomic E-state index is 11.5. The molecular weight excluding hydrogens is 282 g/mol. The van der Waals surface area contributed by atoms with E-state index in [-0.39, 0.29) is 18.1 Å². The van der Waals surface area contributed by atoms with E-state index in [0.717, 1.165) is 5.69 Å². The van der Waals surface area contributed by atoms with Crippen molar-refractivity contribution in [1.82, 2.24) is 15.6 Å². The molecule has 0 aliphatic heterocycles. The van der Waals surface area contributed by atoms with Crippen molar-refractivity contribution in [1.29, 1.82) is 0 Å². The van der Waals surface area contributed by atoms with Gasteiger partial charge in [0.15, 0.2) is 0 Å². The number of rotatable bonds is 5. The minimum atomic E-state index is -1.05. The minimum absolute atomic E-state index is 0.102. The van der Waals surface area contributed by atoms with Crippen molar-refractivity contribution >= 4 is 23.3 Å². The number of furan rings is 1. The van der Waals surface area contributed by atoms with Crippen LogP contribution in [0.2, 0.25) is 0 Å². The first-order valence-electron chi connectivity index (χ1n) is 5.77. The number of nitrogens with zero attached hydrogens (tertiary/aromatic N) is 1. The van der Waals surface area contributed by atoms with Gasteiger partial charge in [0.05, 0.1) is 24.3 Å². The van der Waals surface area contributed by atoms with Gasteiger partial charge in [-0.2, -0.15) is 0 Å². The summed E-state index contributed by atoms with van der Waals surface area (Å²) in [5, 5.41) is 15.9. The van der Waals surface area contributed by atoms with E-state index in [1.807, 2.05) is 5.38 Å². The second-order valence-electron chi connectivity index (χ2n) is 4.00. The summed E-state index contributed by atoms with van der Waals surface area (Å²) in [7, 11) is 0. The molecule has 20 heavy (non-hydrogen) atoms. The Bertz CT molecular complexity index is 606. The standard InChI is InChI=1S/C12H13N3O4S/c1-7-10(11(16)17)2-9(19-7)4-14-12(18)13-3-8-5-20-6-15-8/h2,5-6H,3-4H2,1H3,(H,16,17)(H2,13,14,18). The summed E-state index contributed by atoms with van der Waals surface area (Å²) < 4.78 is 5.24. The molecule has 2 rings (SSSR count). The Hall–Kier alpha value is -2.35. The third-order valence-electron chi connectivity index (χ3n) is 2.54. The Morgan fingerprint density at radius 3 is 2.75 bits per heavy atom. The number of aromatic carboxylic acids is 1. The zero-order valence-electron chi connectivity index (χ0n) is 10.7. The van der Waals surface area contributed by atoms with Crippen LogP contribution in [0, 0.1) is 6.92 Å². The summed E-state index contributed by atoms with van der Waals surface area (Å²) >= 11 is 1.46. The zero-order valence-corrected chi connectivity index (χ0v) is 11.5. The largest absolute Gasteiger partial charge is 0.478 e. The van der Waals surface area contributed by atoms with Crippen molar-refractivity contribution in [3.8, 4) is 0 Å². The van der Waals surface area contributed by atoms with Crippen molar-refractivity contribution in [2.24, 2.45) is 0 Å². The van der Waals surface area contributed by atoms with Crippen molar-refractivity contribution in [3.05, 3.63) is 39.7 Å². The highest BCUT2D eigenvalue weighted by atomic mass is 32.1. The average molecular weight is 295 g/mol. The molecule has 2 aromatic heterocycles. The molecule has 2 aromatic rings. The van der Waals surface area contributed by atoms with E-state index >= 15 is 0 Å². The zero-order chi connectivity index (χ0) is 14.5. The predicted molar refractivity (Wildman–Crippen MR) is 71.6 cm³/mol. The second kappa shape index (κ2) is 6.20. The molecule has 0 spiro atoms. The fourth-order valence-corrected chi connectivity index (χ4v) is 2.13. The van der Waals surface area contributed by atoms with Gasteiger partial charge in [0.1, 0.15) is 17.1 Å². The Kier molecular flexibility index (Phi) is 4.36. The summed E-state index contributed by atoms with van der Waals surface area (Å²) in [5.74, 6) is -0.341. The Labute approximate surface area is 118 Å². The maximum absolute atomic E-state index is 11.5. The van der Waals surface area contributed by atoms with E-state index in [4.69, 9.17) is 9.52 Å². The predicted octanol–water partition coefficient (Wildman–Crippen LogP) is 1.74. The van der Waals surface area contributed by atoms with E-state index in [0.29, 0.717) is 18.1 Å². The number of carboxylic acids is 1. The monoisotopic (exact) mass is 295 g/mol. The average Bonchev–Trinajstić information content (AvgIpc) is 3.03. The van der Waals surface area contributed by atoms with E-state index in [1.54, 1.807) is 12.4 Å². The number of thiazole rings is 1. The van der Waals surface area contributed by atoms with Crippen LogP contribution in [-0.4, -0.2) is 22.1 Å². The normalized spacial score (nSPS) is 10.2. The Morgan fingerprint density at radius 2 is 2.15 bits per heavy atom. The molecule has 0 atom stereocenters. The van der Waals surface area contributed by atoms with Gasteiger partial charge < -0.3 is 20.2 Å². The van der Waals surface area contributed by atoms with Gasteiger partial charge in [0.2, 0.25) is 0 Å². The fraction of sp³-hybridized carbons (Fsp3) is 0.250. The first-order chi connectivity index (χ1) is 9.56. The summed E-state index contributed by atoms with van der Waals surface area (Å²) in [4.78, 5) is 26.4. The van der Waals surface area contributed by atoms with Gasteiger partial charge in [-0.05, 0) is 13.0 Å². The lowest BCUT2D eigenvalue weighted by molar-refractivity contribution is 0.0695. The molecule has 2 heterocycles. The summed E-state index contributed by atoms with van der Waals surface area (Å²) in [5.41, 5.74) is 2.57. The topological polar surface area (TPSA) is 104 Å². The number of hydrogen-bond donors (Lipinski definition) is 3. The molecule has 0 aliphatic carbocycles. The van der Waals surface area contributed by atoms with Gasteiger partial charge >= 0.3 is 12.0 Å². The van der Waals surface area contributed by atoms with E-state index in [2.05, 4.69) is 15.6 Å². The molecule has 3 N–H and O–H groups in total. The van der Waals surface area contributed by atoms with Crippen LogP contribution in [-0.2, 0) is 13.1 Å². The number of hydrogen-bond acceptors (Lipinski definition) is 5. The highest BCUT2D eigenvalue weighted by Crippen LogP contribution is 2.14. The molecule has 0 saturated carbocycles. The first kappa shape index (κ1) is 14.1. The lowest BCUT2D eigenvalue weighted by Gasteiger charge is -2.04. The molecule has 7 nitrogen and oxygen atoms in total. The number of nitrogens with one attached hydrogen (secondary N) is 2. The number of amides is 2. The molecule has 0 radical (unpaired) electrons. The number of aromatic nitrogens is 1. The molecule has 2 amide bonds. The summed E-state index contributed by atoms with van der Waals surface area (Å²) in [6.07, 6.45) is 0. The number of aryl methyl sites for hydroxylation is 1. The molecule has 0 fully saturated rings. The van der Waals surface area contributed by atoms with Gasteiger partial charge in [-0.3, -0.25) is 0 Å². The Balaban J connectivity index is 1.81. The quantitative estimate of drug-likeness (QED) is 0.779. The second-order valence-corrected chi connectivity index (χ2v) is 4.72. The van der Waals surface area contributed by atoms with Crippen molar-refractivity contribution in [2.75, 3.05) is 0 Å². The summed E-state index contributed by atoms with van der Waals surface area (Å²) in [6.45, 7) is 2.03. The molecule has 0 aromatic carbocycles. The molecule has 0 aliphatic rings. The molecular formula is C12H13N3O4S. The van der Waals surface area contributed by atoms with Crippen molar-refractivity contribution in [2.45, 2.75) is 20.0 Å². The van der Waals surface area contributed by atoms with Crippen LogP contribution in [0.25, 0.3) is 0 Å². The fourth-order valence-electron chi connectivity index (χ4n) is 1.57. The molecule has 0 saturated heterocycles. The highest BCUT2D eigenvalue weighted by molar-refractivity contribution is 7.07. The van der Waals surface area contributed by atoms with Gasteiger partial charge in [0.25, 0.3) is 0 Å². The maximum Gasteiger partial charge on any atom is 0.339 e. The van der Waals surface area contributed by atoms with Crippen LogP contribution in [0.15, 0.2) is 21.4 Å². The van der Waals surface area contributed by atoms with Gasteiger partial charge in [0, 0.05) is 5.38 Å². The van der Waals surface area contributed by atoms with Crippen molar-refractivity contribution in [3.63, 3.8) is 0 Å². The van der Waals surface area contributed by atoms with E-state index < -0.39 is 5.97 Å². The molecule has 8 heteroatoms. The van der Waals surface area contributed by atoms with Crippen LogP contribution < -0.4 is 10.6 Å². The highest BCUT2D eigenvalue weighted by Gasteiger charge is 2.13. The van der Waals surface area contributed by atoms with E-state index in [1.165, 1.54) is 17.4 Å². The molecule has 0 unspecified atom stereocenters. The summed E-state index contributed by atoms with van der Waals surface area (Å²) in [6, 6.07) is 1.03.